The maximum atomic E-state index is 14.4. The Balaban J connectivity index is 2.63. The molecule has 168 valence electrons. The number of halogens is 6. The van der Waals surface area contributed by atoms with Crippen LogP contribution in [0.15, 0.2) is 12.1 Å². The summed E-state index contributed by atoms with van der Waals surface area (Å²) in [6.45, 7) is 3.82. The van der Waals surface area contributed by atoms with Gasteiger partial charge in [0.2, 0.25) is 5.91 Å². The van der Waals surface area contributed by atoms with Gasteiger partial charge in [0, 0.05) is 23.6 Å². The number of amides is 2. The van der Waals surface area contributed by atoms with Crippen molar-refractivity contribution in [2.75, 3.05) is 6.54 Å². The summed E-state index contributed by atoms with van der Waals surface area (Å²) < 4.78 is 81.3. The molecule has 0 aliphatic carbocycles. The molecule has 2 amide bonds. The molecule has 1 aliphatic rings. The van der Waals surface area contributed by atoms with Crippen molar-refractivity contribution in [1.82, 2.24) is 9.80 Å². The number of benzene rings is 1. The largest absolute Gasteiger partial charge is 0.465 e. The molecule has 5 nitrogen and oxygen atoms in total. The fourth-order valence-electron chi connectivity index (χ4n) is 3.90. The molecule has 1 unspecified atom stereocenters. The van der Waals surface area contributed by atoms with Crippen LogP contribution < -0.4 is 0 Å². The van der Waals surface area contributed by atoms with Gasteiger partial charge in [0.15, 0.2) is 11.6 Å². The van der Waals surface area contributed by atoms with Crippen LogP contribution in [0.5, 0.6) is 0 Å². The number of carboxylic acid groups (broad SMARTS) is 1. The summed E-state index contributed by atoms with van der Waals surface area (Å²) in [7, 11) is 0. The van der Waals surface area contributed by atoms with Gasteiger partial charge >= 0.3 is 12.3 Å². The summed E-state index contributed by atoms with van der Waals surface area (Å²) in [4.78, 5) is 25.8. The van der Waals surface area contributed by atoms with E-state index in [1.165, 1.54) is 27.7 Å². The van der Waals surface area contributed by atoms with Crippen molar-refractivity contribution in [2.24, 2.45) is 0 Å². The maximum Gasteiger partial charge on any atom is 0.408 e. The van der Waals surface area contributed by atoms with Gasteiger partial charge in [-0.25, -0.2) is 18.0 Å². The smallest absolute Gasteiger partial charge is 0.408 e. The average Bonchev–Trinajstić information content (AvgIpc) is 2.55. The number of alkyl halides is 3. The lowest BCUT2D eigenvalue weighted by atomic mass is 9.80. The Bertz CT molecular complexity index is 837. The molecule has 1 aliphatic heterocycles. The number of hydrogen-bond acceptors (Lipinski definition) is 2. The SMILES string of the molecule is C[C@@H]1[C@H](c2cc(F)cc(F)c2F)CC(N(C(=O)O)C(C)(C)C)C(=O)N1CC(F)(F)F. The van der Waals surface area contributed by atoms with Crippen LogP contribution in [-0.2, 0) is 4.79 Å². The van der Waals surface area contributed by atoms with Crippen LogP contribution in [0.4, 0.5) is 31.1 Å². The third-order valence-electron chi connectivity index (χ3n) is 5.13. The zero-order valence-corrected chi connectivity index (χ0v) is 16.7. The number of carbonyl (C=O) groups is 2. The van der Waals surface area contributed by atoms with Crippen LogP contribution >= 0.6 is 0 Å². The molecule has 0 saturated carbocycles. The van der Waals surface area contributed by atoms with E-state index in [4.69, 9.17) is 0 Å². The van der Waals surface area contributed by atoms with Crippen molar-refractivity contribution in [2.45, 2.75) is 63.8 Å². The topological polar surface area (TPSA) is 60.9 Å². The standard InChI is InChI=1S/C19H22F6N2O3/c1-9-11(12-5-10(20)6-13(21)15(12)22)7-14(27(17(29)30)18(2,3)4)16(28)26(9)8-19(23,24)25/h5-6,9,11,14H,7-8H2,1-4H3,(H,29,30)/t9-,11-,14?/m1/s1. The Morgan fingerprint density at radius 1 is 1.20 bits per heavy atom. The lowest BCUT2D eigenvalue weighted by Crippen LogP contribution is -2.64. The van der Waals surface area contributed by atoms with Crippen molar-refractivity contribution in [1.29, 1.82) is 0 Å². The first-order chi connectivity index (χ1) is 13.5. The Kier molecular flexibility index (Phi) is 6.34. The van der Waals surface area contributed by atoms with Gasteiger partial charge in [-0.1, -0.05) is 0 Å². The van der Waals surface area contributed by atoms with E-state index in [9.17, 15) is 41.0 Å². The van der Waals surface area contributed by atoms with Gasteiger partial charge in [0.05, 0.1) is 0 Å². The highest BCUT2D eigenvalue weighted by Crippen LogP contribution is 2.40. The van der Waals surface area contributed by atoms with Gasteiger partial charge < -0.3 is 10.0 Å². The molecule has 0 radical (unpaired) electrons. The second-order valence-electron chi connectivity index (χ2n) is 8.29. The molecule has 30 heavy (non-hydrogen) atoms. The van der Waals surface area contributed by atoms with Crippen molar-refractivity contribution >= 4 is 12.0 Å². The lowest BCUT2D eigenvalue weighted by Gasteiger charge is -2.48. The highest BCUT2D eigenvalue weighted by atomic mass is 19.4. The molecule has 1 fully saturated rings. The number of likely N-dealkylation sites (tertiary alicyclic amines) is 1. The minimum Gasteiger partial charge on any atom is -0.465 e. The monoisotopic (exact) mass is 440 g/mol. The van der Waals surface area contributed by atoms with E-state index >= 15 is 0 Å². The normalized spacial score (nSPS) is 22.9. The molecule has 1 saturated heterocycles. The summed E-state index contributed by atoms with van der Waals surface area (Å²) >= 11 is 0. The van der Waals surface area contributed by atoms with Gasteiger partial charge in [-0.05, 0) is 45.7 Å². The molecule has 0 aromatic heterocycles. The number of nitrogens with zero attached hydrogens (tertiary/aromatic N) is 2. The Labute approximate surface area is 169 Å². The van der Waals surface area contributed by atoms with Gasteiger partial charge in [-0.15, -0.1) is 0 Å². The van der Waals surface area contributed by atoms with Gasteiger partial charge in [-0.3, -0.25) is 9.69 Å². The van der Waals surface area contributed by atoms with Crippen LogP contribution in [0.3, 0.4) is 0 Å². The number of carbonyl (C=O) groups excluding carboxylic acids is 1. The average molecular weight is 440 g/mol. The summed E-state index contributed by atoms with van der Waals surface area (Å²) in [5, 5.41) is 9.60. The quantitative estimate of drug-likeness (QED) is 0.556. The van der Waals surface area contributed by atoms with Crippen molar-refractivity contribution in [3.63, 3.8) is 0 Å². The molecule has 11 heteroatoms. The van der Waals surface area contributed by atoms with Gasteiger partial charge in [0.25, 0.3) is 0 Å². The van der Waals surface area contributed by atoms with Crippen LogP contribution in [0, 0.1) is 17.5 Å². The molecule has 1 N–H and O–H groups in total. The highest BCUT2D eigenvalue weighted by Gasteiger charge is 2.50. The van der Waals surface area contributed by atoms with E-state index in [1.807, 2.05) is 0 Å². The van der Waals surface area contributed by atoms with E-state index in [1.54, 1.807) is 0 Å². The van der Waals surface area contributed by atoms with Crippen molar-refractivity contribution in [3.05, 3.63) is 35.1 Å². The minimum absolute atomic E-state index is 0.293. The van der Waals surface area contributed by atoms with E-state index in [0.717, 1.165) is 0 Å². The fourth-order valence-corrected chi connectivity index (χ4v) is 3.90. The van der Waals surface area contributed by atoms with Crippen LogP contribution in [0.2, 0.25) is 0 Å². The summed E-state index contributed by atoms with van der Waals surface area (Å²) in [6.07, 6.45) is -6.82. The molecule has 0 spiro atoms. The Morgan fingerprint density at radius 3 is 2.23 bits per heavy atom. The number of hydrogen-bond donors (Lipinski definition) is 1. The fraction of sp³-hybridized carbons (Fsp3) is 0.579. The Hall–Kier alpha value is -2.46. The minimum atomic E-state index is -4.82. The van der Waals surface area contributed by atoms with Crippen LogP contribution in [0.25, 0.3) is 0 Å². The molecule has 2 rings (SSSR count). The lowest BCUT2D eigenvalue weighted by molar-refractivity contribution is -0.174. The van der Waals surface area contributed by atoms with E-state index < -0.39 is 77.7 Å². The molecule has 1 heterocycles. The zero-order valence-electron chi connectivity index (χ0n) is 16.7. The summed E-state index contributed by atoms with van der Waals surface area (Å²) in [5.74, 6) is -6.50. The highest BCUT2D eigenvalue weighted by molar-refractivity contribution is 5.87. The number of piperidine rings is 1. The zero-order chi connectivity index (χ0) is 23.2. The van der Waals surface area contributed by atoms with E-state index in [0.29, 0.717) is 21.9 Å². The summed E-state index contributed by atoms with van der Waals surface area (Å²) in [5.41, 5.74) is -1.74. The Morgan fingerprint density at radius 2 is 1.77 bits per heavy atom. The summed E-state index contributed by atoms with van der Waals surface area (Å²) in [6, 6.07) is -1.94. The molecular formula is C19H22F6N2O3. The molecule has 1 aromatic rings. The van der Waals surface area contributed by atoms with Crippen molar-refractivity contribution in [3.8, 4) is 0 Å². The second kappa shape index (κ2) is 7.99. The van der Waals surface area contributed by atoms with E-state index in [2.05, 4.69) is 0 Å². The molecule has 0 bridgehead atoms. The predicted molar refractivity (Wildman–Crippen MR) is 94.3 cm³/mol. The first-order valence-electron chi connectivity index (χ1n) is 9.08. The second-order valence-corrected chi connectivity index (χ2v) is 8.29. The molecule has 3 atom stereocenters. The third-order valence-corrected chi connectivity index (χ3v) is 5.13. The van der Waals surface area contributed by atoms with Crippen molar-refractivity contribution < 1.29 is 41.0 Å². The van der Waals surface area contributed by atoms with Crippen LogP contribution in [-0.4, -0.2) is 57.3 Å². The first-order valence-corrected chi connectivity index (χ1v) is 9.08. The molecular weight excluding hydrogens is 418 g/mol. The molecule has 1 aromatic carbocycles. The predicted octanol–water partition coefficient (Wildman–Crippen LogP) is 4.52. The maximum absolute atomic E-state index is 14.4. The van der Waals surface area contributed by atoms with Crippen LogP contribution in [0.1, 0.15) is 45.6 Å². The van der Waals surface area contributed by atoms with Gasteiger partial charge in [0.1, 0.15) is 18.4 Å². The van der Waals surface area contributed by atoms with Gasteiger partial charge in [-0.2, -0.15) is 13.2 Å². The first kappa shape index (κ1) is 23.8. The third kappa shape index (κ3) is 4.81. The number of rotatable bonds is 3. The van der Waals surface area contributed by atoms with E-state index in [-0.39, 0.29) is 0 Å².